The molecule has 2 rings (SSSR count). The number of methoxy groups -OCH3 is 2. The summed E-state index contributed by atoms with van der Waals surface area (Å²) < 4.78 is 22.0. The second-order valence-corrected chi connectivity index (χ2v) is 7.34. The standard InChI is InChI=1S/C24H33NO6/c1-17-11-12-18(2)22(14-17)30-13-6-5-10-23(27)25-15-19(26)16-31-24-20(28-3)8-7-9-21(24)29-4/h7-9,11-12,14,19,26H,5-6,10,13,15-16H2,1-4H3,(H,25,27). The van der Waals surface area contributed by atoms with Gasteiger partial charge in [-0.15, -0.1) is 0 Å². The van der Waals surface area contributed by atoms with Crippen LogP contribution in [0.3, 0.4) is 0 Å². The molecule has 2 aromatic carbocycles. The van der Waals surface area contributed by atoms with E-state index in [4.69, 9.17) is 18.9 Å². The van der Waals surface area contributed by atoms with Gasteiger partial charge < -0.3 is 29.4 Å². The van der Waals surface area contributed by atoms with Crippen LogP contribution in [0, 0.1) is 13.8 Å². The maximum Gasteiger partial charge on any atom is 0.220 e. The zero-order valence-electron chi connectivity index (χ0n) is 18.8. The van der Waals surface area contributed by atoms with Gasteiger partial charge in [-0.3, -0.25) is 4.79 Å². The van der Waals surface area contributed by atoms with Crippen LogP contribution in [0.4, 0.5) is 0 Å². The smallest absolute Gasteiger partial charge is 0.220 e. The molecule has 0 saturated carbocycles. The molecule has 0 aliphatic carbocycles. The molecule has 0 saturated heterocycles. The van der Waals surface area contributed by atoms with Crippen molar-refractivity contribution in [2.45, 2.75) is 39.2 Å². The minimum Gasteiger partial charge on any atom is -0.493 e. The van der Waals surface area contributed by atoms with Gasteiger partial charge in [0.05, 0.1) is 20.8 Å². The quantitative estimate of drug-likeness (QED) is 0.473. The van der Waals surface area contributed by atoms with Gasteiger partial charge in [0.15, 0.2) is 11.5 Å². The van der Waals surface area contributed by atoms with Crippen LogP contribution in [0.2, 0.25) is 0 Å². The summed E-state index contributed by atoms with van der Waals surface area (Å²) in [6, 6.07) is 11.4. The van der Waals surface area contributed by atoms with Crippen molar-refractivity contribution in [3.63, 3.8) is 0 Å². The number of rotatable bonds is 13. The fraction of sp³-hybridized carbons (Fsp3) is 0.458. The van der Waals surface area contributed by atoms with Crippen molar-refractivity contribution in [2.24, 2.45) is 0 Å². The molecule has 1 unspecified atom stereocenters. The van der Waals surface area contributed by atoms with Gasteiger partial charge in [0, 0.05) is 13.0 Å². The summed E-state index contributed by atoms with van der Waals surface area (Å²) in [5.74, 6) is 2.22. The summed E-state index contributed by atoms with van der Waals surface area (Å²) in [5.41, 5.74) is 2.26. The van der Waals surface area contributed by atoms with E-state index in [1.165, 1.54) is 14.2 Å². The monoisotopic (exact) mass is 431 g/mol. The van der Waals surface area contributed by atoms with E-state index < -0.39 is 6.10 Å². The molecule has 0 fully saturated rings. The van der Waals surface area contributed by atoms with E-state index in [1.54, 1.807) is 18.2 Å². The highest BCUT2D eigenvalue weighted by Crippen LogP contribution is 2.36. The second-order valence-electron chi connectivity index (χ2n) is 7.34. The van der Waals surface area contributed by atoms with Crippen molar-refractivity contribution in [1.82, 2.24) is 5.32 Å². The van der Waals surface area contributed by atoms with Crippen molar-refractivity contribution >= 4 is 5.91 Å². The largest absolute Gasteiger partial charge is 0.493 e. The number of para-hydroxylation sites is 1. The van der Waals surface area contributed by atoms with E-state index in [9.17, 15) is 9.90 Å². The molecule has 7 nitrogen and oxygen atoms in total. The SMILES string of the molecule is COc1cccc(OC)c1OCC(O)CNC(=O)CCCCOc1cc(C)ccc1C. The molecule has 0 spiro atoms. The highest BCUT2D eigenvalue weighted by atomic mass is 16.5. The molecule has 2 aromatic rings. The number of benzene rings is 2. The lowest BCUT2D eigenvalue weighted by Crippen LogP contribution is -2.35. The third-order valence-corrected chi connectivity index (χ3v) is 4.74. The first kappa shape index (κ1) is 24.3. The molecule has 0 aliphatic heterocycles. The van der Waals surface area contributed by atoms with Crippen molar-refractivity contribution < 1.29 is 28.8 Å². The first-order chi connectivity index (χ1) is 14.9. The molecule has 0 bridgehead atoms. The number of aryl methyl sites for hydroxylation is 2. The van der Waals surface area contributed by atoms with Gasteiger partial charge in [0.2, 0.25) is 11.7 Å². The molecule has 0 radical (unpaired) electrons. The molecule has 170 valence electrons. The number of unbranched alkanes of at least 4 members (excludes halogenated alkanes) is 1. The molecule has 31 heavy (non-hydrogen) atoms. The topological polar surface area (TPSA) is 86.3 Å². The normalized spacial score (nSPS) is 11.5. The Hall–Kier alpha value is -2.93. The van der Waals surface area contributed by atoms with Gasteiger partial charge >= 0.3 is 0 Å². The second kappa shape index (κ2) is 12.7. The number of carbonyl (C=O) groups is 1. The Bertz CT molecular complexity index is 817. The molecular weight excluding hydrogens is 398 g/mol. The van der Waals surface area contributed by atoms with Crippen LogP contribution >= 0.6 is 0 Å². The minimum atomic E-state index is -0.855. The lowest BCUT2D eigenvalue weighted by molar-refractivity contribution is -0.121. The number of ether oxygens (including phenoxy) is 4. The predicted octanol–water partition coefficient (Wildman–Crippen LogP) is 3.43. The highest BCUT2D eigenvalue weighted by Gasteiger charge is 2.14. The summed E-state index contributed by atoms with van der Waals surface area (Å²) in [6.45, 7) is 4.72. The number of hydrogen-bond donors (Lipinski definition) is 2. The van der Waals surface area contributed by atoms with Crippen LogP contribution < -0.4 is 24.3 Å². The molecule has 7 heteroatoms. The maximum absolute atomic E-state index is 12.0. The Morgan fingerprint density at radius 3 is 2.39 bits per heavy atom. The molecule has 1 atom stereocenters. The maximum atomic E-state index is 12.0. The molecule has 1 amide bonds. The van der Waals surface area contributed by atoms with E-state index in [0.717, 1.165) is 23.3 Å². The first-order valence-corrected chi connectivity index (χ1v) is 10.4. The van der Waals surface area contributed by atoms with Gasteiger partial charge in [0.25, 0.3) is 0 Å². The molecular formula is C24H33NO6. The number of aliphatic hydroxyl groups is 1. The van der Waals surface area contributed by atoms with Crippen LogP contribution in [0.1, 0.15) is 30.4 Å². The van der Waals surface area contributed by atoms with Gasteiger partial charge in [-0.05, 0) is 56.0 Å². The van der Waals surface area contributed by atoms with Gasteiger partial charge in [-0.1, -0.05) is 18.2 Å². The highest BCUT2D eigenvalue weighted by molar-refractivity contribution is 5.75. The number of aliphatic hydroxyl groups excluding tert-OH is 1. The third-order valence-electron chi connectivity index (χ3n) is 4.74. The third kappa shape index (κ3) is 8.02. The summed E-state index contributed by atoms with van der Waals surface area (Å²) in [6.07, 6.45) is 1.01. The molecule has 0 heterocycles. The number of amides is 1. The molecule has 2 N–H and O–H groups in total. The minimum absolute atomic E-state index is 0.000691. The van der Waals surface area contributed by atoms with Crippen LogP contribution in [0.25, 0.3) is 0 Å². The molecule has 0 aromatic heterocycles. The fourth-order valence-electron chi connectivity index (χ4n) is 2.95. The summed E-state index contributed by atoms with van der Waals surface area (Å²) >= 11 is 0. The summed E-state index contributed by atoms with van der Waals surface area (Å²) in [5, 5.41) is 12.9. The predicted molar refractivity (Wildman–Crippen MR) is 119 cm³/mol. The number of hydrogen-bond acceptors (Lipinski definition) is 6. The van der Waals surface area contributed by atoms with E-state index in [1.807, 2.05) is 26.0 Å². The van der Waals surface area contributed by atoms with E-state index in [-0.39, 0.29) is 19.1 Å². The average Bonchev–Trinajstić information content (AvgIpc) is 2.77. The Labute approximate surface area is 184 Å². The lowest BCUT2D eigenvalue weighted by Gasteiger charge is -2.17. The first-order valence-electron chi connectivity index (χ1n) is 10.4. The van der Waals surface area contributed by atoms with Gasteiger partial charge in [-0.25, -0.2) is 0 Å². The Morgan fingerprint density at radius 2 is 1.71 bits per heavy atom. The van der Waals surface area contributed by atoms with Crippen molar-refractivity contribution in [1.29, 1.82) is 0 Å². The lowest BCUT2D eigenvalue weighted by atomic mass is 10.1. The zero-order chi connectivity index (χ0) is 22.6. The number of nitrogens with one attached hydrogen (secondary N) is 1. The van der Waals surface area contributed by atoms with Crippen molar-refractivity contribution in [3.8, 4) is 23.0 Å². The van der Waals surface area contributed by atoms with Crippen molar-refractivity contribution in [2.75, 3.05) is 34.0 Å². The average molecular weight is 432 g/mol. The van der Waals surface area contributed by atoms with Crippen LogP contribution in [-0.2, 0) is 4.79 Å². The van der Waals surface area contributed by atoms with Crippen LogP contribution in [0.15, 0.2) is 36.4 Å². The van der Waals surface area contributed by atoms with Crippen molar-refractivity contribution in [3.05, 3.63) is 47.5 Å². The van der Waals surface area contributed by atoms with Crippen LogP contribution in [-0.4, -0.2) is 51.1 Å². The van der Waals surface area contributed by atoms with Gasteiger partial charge in [-0.2, -0.15) is 0 Å². The Balaban J connectivity index is 1.63. The van der Waals surface area contributed by atoms with Crippen LogP contribution in [0.5, 0.6) is 23.0 Å². The summed E-state index contributed by atoms with van der Waals surface area (Å²) in [7, 11) is 3.07. The molecule has 0 aliphatic rings. The summed E-state index contributed by atoms with van der Waals surface area (Å²) in [4.78, 5) is 12.0. The van der Waals surface area contributed by atoms with E-state index in [0.29, 0.717) is 36.7 Å². The number of carbonyl (C=O) groups excluding carboxylic acids is 1. The van der Waals surface area contributed by atoms with E-state index in [2.05, 4.69) is 11.4 Å². The van der Waals surface area contributed by atoms with E-state index >= 15 is 0 Å². The van der Waals surface area contributed by atoms with Gasteiger partial charge in [0.1, 0.15) is 18.5 Å². The fourth-order valence-corrected chi connectivity index (χ4v) is 2.95. The Kier molecular flexibility index (Phi) is 9.97. The Morgan fingerprint density at radius 1 is 1.00 bits per heavy atom. The zero-order valence-corrected chi connectivity index (χ0v) is 18.8.